The first-order valence-electron chi connectivity index (χ1n) is 11.8. The maximum absolute atomic E-state index is 13.4. The van der Waals surface area contributed by atoms with E-state index in [-0.39, 0.29) is 5.91 Å². The summed E-state index contributed by atoms with van der Waals surface area (Å²) in [5, 5.41) is 4.25. The minimum absolute atomic E-state index is 0.00551. The Kier molecular flexibility index (Phi) is 7.98. The van der Waals surface area contributed by atoms with E-state index in [1.165, 1.54) is 38.8 Å². The van der Waals surface area contributed by atoms with Crippen molar-refractivity contribution < 1.29 is 9.53 Å². The van der Waals surface area contributed by atoms with E-state index in [0.717, 1.165) is 49.2 Å². The summed E-state index contributed by atoms with van der Waals surface area (Å²) in [5.41, 5.74) is 1.03. The molecule has 6 heteroatoms. The molecule has 1 N–H and O–H groups in total. The van der Waals surface area contributed by atoms with Gasteiger partial charge in [-0.25, -0.2) is 0 Å². The molecule has 1 aliphatic carbocycles. The second kappa shape index (κ2) is 10.9. The largest absolute Gasteiger partial charge is 0.492 e. The Labute approximate surface area is 201 Å². The molecule has 172 valence electrons. The first-order valence-corrected chi connectivity index (χ1v) is 12.5. The molecule has 0 aromatic heterocycles. The van der Waals surface area contributed by atoms with Gasteiger partial charge in [0.2, 0.25) is 5.91 Å². The van der Waals surface area contributed by atoms with Crippen LogP contribution in [0.2, 0.25) is 10.0 Å². The highest BCUT2D eigenvalue weighted by molar-refractivity contribution is 6.35. The van der Waals surface area contributed by atoms with Crippen LogP contribution in [-0.4, -0.2) is 37.0 Å². The van der Waals surface area contributed by atoms with Gasteiger partial charge in [-0.1, -0.05) is 55.0 Å². The van der Waals surface area contributed by atoms with Gasteiger partial charge in [0.1, 0.15) is 12.4 Å². The van der Waals surface area contributed by atoms with Crippen LogP contribution in [0, 0.1) is 0 Å². The number of nitrogens with zero attached hydrogens (tertiary/aromatic N) is 1. The lowest BCUT2D eigenvalue weighted by Gasteiger charge is -2.29. The van der Waals surface area contributed by atoms with Gasteiger partial charge in [0.05, 0.1) is 5.41 Å². The Morgan fingerprint density at radius 2 is 1.62 bits per heavy atom. The van der Waals surface area contributed by atoms with Crippen LogP contribution >= 0.6 is 23.2 Å². The summed E-state index contributed by atoms with van der Waals surface area (Å²) in [7, 11) is 0. The maximum atomic E-state index is 13.4. The van der Waals surface area contributed by atoms with Crippen LogP contribution in [0.4, 0.5) is 5.69 Å². The Hall–Kier alpha value is -1.75. The zero-order chi connectivity index (χ0) is 22.4. The number of carbonyl (C=O) groups is 1. The van der Waals surface area contributed by atoms with Crippen molar-refractivity contribution in [2.45, 2.75) is 56.8 Å². The highest BCUT2D eigenvalue weighted by atomic mass is 35.5. The third-order valence-electron chi connectivity index (χ3n) is 6.83. The van der Waals surface area contributed by atoms with E-state index in [9.17, 15) is 4.79 Å². The number of hydrogen-bond donors (Lipinski definition) is 1. The average molecular weight is 475 g/mol. The Morgan fingerprint density at radius 3 is 2.28 bits per heavy atom. The fourth-order valence-electron chi connectivity index (χ4n) is 5.01. The van der Waals surface area contributed by atoms with Crippen molar-refractivity contribution in [3.63, 3.8) is 0 Å². The first-order chi connectivity index (χ1) is 15.6. The highest BCUT2D eigenvalue weighted by Gasteiger charge is 2.44. The smallest absolute Gasteiger partial charge is 0.235 e. The van der Waals surface area contributed by atoms with Gasteiger partial charge in [-0.15, -0.1) is 0 Å². The maximum Gasteiger partial charge on any atom is 0.235 e. The third-order valence-corrected chi connectivity index (χ3v) is 7.37. The van der Waals surface area contributed by atoms with Gasteiger partial charge >= 0.3 is 0 Å². The zero-order valence-corrected chi connectivity index (χ0v) is 20.1. The van der Waals surface area contributed by atoms with Crippen LogP contribution in [0.15, 0.2) is 42.5 Å². The first kappa shape index (κ1) is 23.4. The Morgan fingerprint density at radius 1 is 0.938 bits per heavy atom. The van der Waals surface area contributed by atoms with Crippen molar-refractivity contribution in [1.29, 1.82) is 0 Å². The number of hydrogen-bond acceptors (Lipinski definition) is 3. The third kappa shape index (κ3) is 5.59. The molecule has 2 fully saturated rings. The Bertz CT molecular complexity index is 903. The van der Waals surface area contributed by atoms with Crippen LogP contribution in [-0.2, 0) is 10.2 Å². The standard InChI is InChI=1S/C26H32Cl2N2O2/c27-20-7-12-23(24(28)19-20)26(13-3-4-14-26)25(31)29-21-8-10-22(11-9-21)32-18-17-30-15-5-1-2-6-16-30/h7-12,19H,1-6,13-18H2,(H,29,31). The summed E-state index contributed by atoms with van der Waals surface area (Å²) in [6, 6.07) is 13.1. The molecule has 0 radical (unpaired) electrons. The lowest BCUT2D eigenvalue weighted by Crippen LogP contribution is -2.38. The summed E-state index contributed by atoms with van der Waals surface area (Å²) >= 11 is 12.6. The lowest BCUT2D eigenvalue weighted by molar-refractivity contribution is -0.121. The van der Waals surface area contributed by atoms with Crippen LogP contribution in [0.1, 0.15) is 56.9 Å². The monoisotopic (exact) mass is 474 g/mol. The van der Waals surface area contributed by atoms with Crippen LogP contribution in [0.3, 0.4) is 0 Å². The molecule has 1 heterocycles. The molecule has 0 atom stereocenters. The molecule has 4 nitrogen and oxygen atoms in total. The minimum Gasteiger partial charge on any atom is -0.492 e. The van der Waals surface area contributed by atoms with Crippen molar-refractivity contribution in [3.05, 3.63) is 58.1 Å². The quantitative estimate of drug-likeness (QED) is 0.485. The van der Waals surface area contributed by atoms with E-state index in [1.807, 2.05) is 36.4 Å². The molecule has 0 unspecified atom stereocenters. The predicted octanol–water partition coefficient (Wildman–Crippen LogP) is 6.70. The zero-order valence-electron chi connectivity index (χ0n) is 18.5. The molecular formula is C26H32Cl2N2O2. The molecule has 1 saturated carbocycles. The summed E-state index contributed by atoms with van der Waals surface area (Å²) < 4.78 is 5.94. The van der Waals surface area contributed by atoms with Crippen molar-refractivity contribution in [3.8, 4) is 5.75 Å². The number of benzene rings is 2. The minimum atomic E-state index is -0.607. The van der Waals surface area contributed by atoms with Crippen molar-refractivity contribution in [1.82, 2.24) is 4.90 Å². The van der Waals surface area contributed by atoms with E-state index < -0.39 is 5.41 Å². The van der Waals surface area contributed by atoms with E-state index in [0.29, 0.717) is 16.7 Å². The number of anilines is 1. The van der Waals surface area contributed by atoms with Gasteiger partial charge in [0.25, 0.3) is 0 Å². The van der Waals surface area contributed by atoms with Crippen LogP contribution in [0.5, 0.6) is 5.75 Å². The van der Waals surface area contributed by atoms with Gasteiger partial charge in [0, 0.05) is 22.3 Å². The second-order valence-corrected chi connectivity index (χ2v) is 9.84. The summed E-state index contributed by atoms with van der Waals surface area (Å²) in [6.07, 6.45) is 8.86. The Balaban J connectivity index is 1.36. The van der Waals surface area contributed by atoms with Gasteiger partial charge in [-0.2, -0.15) is 0 Å². The summed E-state index contributed by atoms with van der Waals surface area (Å²) in [5.74, 6) is 0.822. The summed E-state index contributed by atoms with van der Waals surface area (Å²) in [6.45, 7) is 3.99. The fourth-order valence-corrected chi connectivity index (χ4v) is 5.60. The molecule has 4 rings (SSSR count). The number of ether oxygens (including phenoxy) is 1. The number of rotatable bonds is 7. The van der Waals surface area contributed by atoms with Crippen LogP contribution < -0.4 is 10.1 Å². The fraction of sp³-hybridized carbons (Fsp3) is 0.500. The topological polar surface area (TPSA) is 41.6 Å². The van der Waals surface area contributed by atoms with Gasteiger partial charge in [0.15, 0.2) is 0 Å². The summed E-state index contributed by atoms with van der Waals surface area (Å²) in [4.78, 5) is 15.9. The SMILES string of the molecule is O=C(Nc1ccc(OCCN2CCCCCC2)cc1)C1(c2ccc(Cl)cc2Cl)CCCC1. The van der Waals surface area contributed by atoms with Gasteiger partial charge in [-0.05, 0) is 80.7 Å². The van der Waals surface area contributed by atoms with Gasteiger partial charge < -0.3 is 10.1 Å². The molecule has 1 saturated heterocycles. The number of halogens is 2. The number of nitrogens with one attached hydrogen (secondary N) is 1. The number of amides is 1. The van der Waals surface area contributed by atoms with E-state index in [4.69, 9.17) is 27.9 Å². The van der Waals surface area contributed by atoms with Gasteiger partial charge in [-0.3, -0.25) is 9.69 Å². The predicted molar refractivity (Wildman–Crippen MR) is 132 cm³/mol. The second-order valence-electron chi connectivity index (χ2n) is 9.00. The van der Waals surface area contributed by atoms with E-state index in [1.54, 1.807) is 6.07 Å². The van der Waals surface area contributed by atoms with Crippen molar-refractivity contribution >= 4 is 34.8 Å². The molecular weight excluding hydrogens is 443 g/mol. The molecule has 1 amide bonds. The molecule has 0 bridgehead atoms. The molecule has 1 aliphatic heterocycles. The lowest BCUT2D eigenvalue weighted by atomic mass is 9.78. The highest BCUT2D eigenvalue weighted by Crippen LogP contribution is 2.45. The van der Waals surface area contributed by atoms with Crippen molar-refractivity contribution in [2.24, 2.45) is 0 Å². The molecule has 0 spiro atoms. The average Bonchev–Trinajstić information content (AvgIpc) is 3.13. The molecule has 32 heavy (non-hydrogen) atoms. The van der Waals surface area contributed by atoms with E-state index >= 15 is 0 Å². The molecule has 2 aromatic rings. The van der Waals surface area contributed by atoms with Crippen molar-refractivity contribution in [2.75, 3.05) is 31.6 Å². The number of carbonyl (C=O) groups excluding carboxylic acids is 1. The number of likely N-dealkylation sites (tertiary alicyclic amines) is 1. The molecule has 2 aliphatic rings. The van der Waals surface area contributed by atoms with E-state index in [2.05, 4.69) is 10.2 Å². The van der Waals surface area contributed by atoms with Crippen LogP contribution in [0.25, 0.3) is 0 Å². The molecule has 2 aromatic carbocycles. The normalized spacial score (nSPS) is 18.8.